The molecule has 0 spiro atoms. The lowest BCUT2D eigenvalue weighted by molar-refractivity contribution is 0.0690. The van der Waals surface area contributed by atoms with E-state index in [0.717, 1.165) is 29.7 Å². The number of benzene rings is 1. The summed E-state index contributed by atoms with van der Waals surface area (Å²) in [5.74, 6) is -0.441. The first-order chi connectivity index (χ1) is 14.0. The standard InChI is InChI=1S/C22H22ClN3O3/c1-26(2)11-4-12-29-20-13-15(6-8-18(20)23)17-5-3-10-24-21(17)16-7-9-19(22(27)28)25-14-16/h3,5-10,13-14H,4,11-12H2,1-2H3,(H,27,28). The monoisotopic (exact) mass is 411 g/mol. The summed E-state index contributed by atoms with van der Waals surface area (Å²) >= 11 is 6.31. The van der Waals surface area contributed by atoms with Gasteiger partial charge in [0, 0.05) is 30.1 Å². The van der Waals surface area contributed by atoms with Gasteiger partial charge in [0.1, 0.15) is 11.4 Å². The number of pyridine rings is 2. The molecule has 0 aliphatic heterocycles. The molecule has 0 aliphatic carbocycles. The molecule has 1 aromatic carbocycles. The Morgan fingerprint density at radius 1 is 1.14 bits per heavy atom. The van der Waals surface area contributed by atoms with Crippen LogP contribution in [0.2, 0.25) is 5.02 Å². The maximum atomic E-state index is 11.0. The fourth-order valence-corrected chi connectivity index (χ4v) is 3.05. The first-order valence-electron chi connectivity index (χ1n) is 9.18. The molecule has 0 aliphatic rings. The molecule has 0 unspecified atom stereocenters. The van der Waals surface area contributed by atoms with Crippen molar-refractivity contribution in [1.29, 1.82) is 0 Å². The number of carboxylic acid groups (broad SMARTS) is 1. The van der Waals surface area contributed by atoms with Crippen LogP contribution in [-0.4, -0.2) is 53.2 Å². The molecule has 0 radical (unpaired) electrons. The molecule has 3 rings (SSSR count). The summed E-state index contributed by atoms with van der Waals surface area (Å²) < 4.78 is 5.88. The minimum absolute atomic E-state index is 0.00821. The highest BCUT2D eigenvalue weighted by molar-refractivity contribution is 6.32. The van der Waals surface area contributed by atoms with Crippen LogP contribution in [-0.2, 0) is 0 Å². The maximum absolute atomic E-state index is 11.0. The lowest BCUT2D eigenvalue weighted by Gasteiger charge is -2.14. The van der Waals surface area contributed by atoms with E-state index in [0.29, 0.717) is 23.1 Å². The highest BCUT2D eigenvalue weighted by Gasteiger charge is 2.13. The number of aromatic carboxylic acids is 1. The van der Waals surface area contributed by atoms with Crippen LogP contribution in [0.4, 0.5) is 0 Å². The van der Waals surface area contributed by atoms with Gasteiger partial charge in [-0.3, -0.25) is 4.98 Å². The summed E-state index contributed by atoms with van der Waals surface area (Å²) in [4.78, 5) is 21.6. The van der Waals surface area contributed by atoms with E-state index in [4.69, 9.17) is 21.4 Å². The quantitative estimate of drug-likeness (QED) is 0.550. The van der Waals surface area contributed by atoms with Crippen LogP contribution in [0, 0.1) is 0 Å². The number of carboxylic acids is 1. The summed E-state index contributed by atoms with van der Waals surface area (Å²) in [6.07, 6.45) is 4.11. The Bertz CT molecular complexity index is 991. The normalized spacial score (nSPS) is 10.9. The largest absolute Gasteiger partial charge is 0.492 e. The molecule has 0 saturated carbocycles. The van der Waals surface area contributed by atoms with Crippen molar-refractivity contribution in [3.8, 4) is 28.1 Å². The lowest BCUT2D eigenvalue weighted by Crippen LogP contribution is -2.15. The average molecular weight is 412 g/mol. The maximum Gasteiger partial charge on any atom is 0.354 e. The second-order valence-corrected chi connectivity index (χ2v) is 7.19. The van der Waals surface area contributed by atoms with E-state index in [1.807, 2.05) is 38.4 Å². The fourth-order valence-electron chi connectivity index (χ4n) is 2.87. The van der Waals surface area contributed by atoms with Crippen LogP contribution in [0.15, 0.2) is 54.9 Å². The van der Waals surface area contributed by atoms with Gasteiger partial charge >= 0.3 is 5.97 Å². The average Bonchev–Trinajstić information content (AvgIpc) is 2.72. The van der Waals surface area contributed by atoms with E-state index >= 15 is 0 Å². The van der Waals surface area contributed by atoms with Gasteiger partial charge in [0.15, 0.2) is 0 Å². The van der Waals surface area contributed by atoms with Gasteiger partial charge in [-0.15, -0.1) is 0 Å². The van der Waals surface area contributed by atoms with Crippen molar-refractivity contribution in [2.75, 3.05) is 27.2 Å². The predicted octanol–water partition coefficient (Wildman–Crippen LogP) is 4.49. The Morgan fingerprint density at radius 3 is 2.62 bits per heavy atom. The zero-order valence-corrected chi connectivity index (χ0v) is 17.1. The SMILES string of the molecule is CN(C)CCCOc1cc(-c2cccnc2-c2ccc(C(=O)O)nc2)ccc1Cl. The second-order valence-electron chi connectivity index (χ2n) is 6.79. The van der Waals surface area contributed by atoms with E-state index in [2.05, 4.69) is 14.9 Å². The molecule has 6 nitrogen and oxygen atoms in total. The van der Waals surface area contributed by atoms with Gasteiger partial charge in [0.2, 0.25) is 0 Å². The number of carbonyl (C=O) groups is 1. The molecular weight excluding hydrogens is 390 g/mol. The molecule has 2 aromatic heterocycles. The summed E-state index contributed by atoms with van der Waals surface area (Å²) in [5, 5.41) is 9.60. The number of halogens is 1. The van der Waals surface area contributed by atoms with Gasteiger partial charge in [0.25, 0.3) is 0 Å². The number of hydrogen-bond acceptors (Lipinski definition) is 5. The van der Waals surface area contributed by atoms with Crippen LogP contribution < -0.4 is 4.74 Å². The lowest BCUT2D eigenvalue weighted by atomic mass is 10.00. The minimum Gasteiger partial charge on any atom is -0.492 e. The van der Waals surface area contributed by atoms with Crippen LogP contribution in [0.3, 0.4) is 0 Å². The topological polar surface area (TPSA) is 75.5 Å². The van der Waals surface area contributed by atoms with E-state index in [1.54, 1.807) is 18.3 Å². The van der Waals surface area contributed by atoms with Gasteiger partial charge in [-0.1, -0.05) is 23.7 Å². The van der Waals surface area contributed by atoms with Crippen molar-refractivity contribution >= 4 is 17.6 Å². The zero-order chi connectivity index (χ0) is 20.8. The molecule has 3 aromatic rings. The molecule has 0 fully saturated rings. The van der Waals surface area contributed by atoms with Gasteiger partial charge in [0.05, 0.1) is 17.3 Å². The summed E-state index contributed by atoms with van der Waals surface area (Å²) in [6.45, 7) is 1.51. The van der Waals surface area contributed by atoms with E-state index in [1.165, 1.54) is 12.3 Å². The van der Waals surface area contributed by atoms with Crippen molar-refractivity contribution in [2.24, 2.45) is 0 Å². The van der Waals surface area contributed by atoms with Gasteiger partial charge in [-0.05, 0) is 56.4 Å². The molecule has 7 heteroatoms. The number of nitrogens with zero attached hydrogens (tertiary/aromatic N) is 3. The van der Waals surface area contributed by atoms with Crippen molar-refractivity contribution in [2.45, 2.75) is 6.42 Å². The van der Waals surface area contributed by atoms with Crippen molar-refractivity contribution in [3.05, 3.63) is 65.6 Å². The Labute approximate surface area is 174 Å². The molecule has 1 N–H and O–H groups in total. The number of aromatic nitrogens is 2. The minimum atomic E-state index is -1.06. The third-order valence-electron chi connectivity index (χ3n) is 4.31. The molecule has 2 heterocycles. The highest BCUT2D eigenvalue weighted by atomic mass is 35.5. The Morgan fingerprint density at radius 2 is 1.93 bits per heavy atom. The van der Waals surface area contributed by atoms with Crippen LogP contribution >= 0.6 is 11.6 Å². The van der Waals surface area contributed by atoms with E-state index in [9.17, 15) is 4.79 Å². The highest BCUT2D eigenvalue weighted by Crippen LogP contribution is 2.35. The molecular formula is C22H22ClN3O3. The predicted molar refractivity (Wildman–Crippen MR) is 114 cm³/mol. The van der Waals surface area contributed by atoms with Gasteiger partial charge in [-0.2, -0.15) is 0 Å². The van der Waals surface area contributed by atoms with Crippen molar-refractivity contribution in [3.63, 3.8) is 0 Å². The molecule has 0 bridgehead atoms. The number of rotatable bonds is 8. The van der Waals surface area contributed by atoms with Gasteiger partial charge in [-0.25, -0.2) is 9.78 Å². The van der Waals surface area contributed by atoms with Crippen LogP contribution in [0.25, 0.3) is 22.4 Å². The summed E-state index contributed by atoms with van der Waals surface area (Å²) in [6, 6.07) is 12.6. The first-order valence-corrected chi connectivity index (χ1v) is 9.55. The number of hydrogen-bond donors (Lipinski definition) is 1. The summed E-state index contributed by atoms with van der Waals surface area (Å²) in [7, 11) is 4.05. The smallest absolute Gasteiger partial charge is 0.354 e. The molecule has 0 amide bonds. The molecule has 150 valence electrons. The third-order valence-corrected chi connectivity index (χ3v) is 4.63. The number of ether oxygens (including phenoxy) is 1. The molecule has 0 atom stereocenters. The Hall–Kier alpha value is -2.96. The summed E-state index contributed by atoms with van der Waals surface area (Å²) in [5.41, 5.74) is 3.22. The van der Waals surface area contributed by atoms with Crippen LogP contribution in [0.1, 0.15) is 16.9 Å². The van der Waals surface area contributed by atoms with E-state index < -0.39 is 5.97 Å². The van der Waals surface area contributed by atoms with E-state index in [-0.39, 0.29) is 5.69 Å². The fraction of sp³-hybridized carbons (Fsp3) is 0.227. The Balaban J connectivity index is 1.89. The zero-order valence-electron chi connectivity index (χ0n) is 16.3. The third kappa shape index (κ3) is 5.31. The van der Waals surface area contributed by atoms with Crippen molar-refractivity contribution in [1.82, 2.24) is 14.9 Å². The first kappa shape index (κ1) is 20.8. The van der Waals surface area contributed by atoms with Gasteiger partial charge < -0.3 is 14.7 Å². The second kappa shape index (κ2) is 9.49. The molecule has 29 heavy (non-hydrogen) atoms. The van der Waals surface area contributed by atoms with Crippen LogP contribution in [0.5, 0.6) is 5.75 Å². The molecule has 0 saturated heterocycles. The Kier molecular flexibility index (Phi) is 6.80. The van der Waals surface area contributed by atoms with Crippen molar-refractivity contribution < 1.29 is 14.6 Å².